The van der Waals surface area contributed by atoms with Crippen LogP contribution in [0.4, 0.5) is 0 Å². The van der Waals surface area contributed by atoms with Gasteiger partial charge in [0.1, 0.15) is 15.0 Å². The molecule has 0 spiro atoms. The van der Waals surface area contributed by atoms with Crippen molar-refractivity contribution in [3.63, 3.8) is 0 Å². The summed E-state index contributed by atoms with van der Waals surface area (Å²) in [6.07, 6.45) is 4.40. The van der Waals surface area contributed by atoms with E-state index in [0.29, 0.717) is 12.3 Å². The van der Waals surface area contributed by atoms with Crippen molar-refractivity contribution < 1.29 is 14.5 Å². The Morgan fingerprint density at radius 2 is 1.87 bits per heavy atom. The summed E-state index contributed by atoms with van der Waals surface area (Å²) in [5, 5.41) is 9.65. The number of halogens is 2. The van der Waals surface area contributed by atoms with E-state index >= 15 is 0 Å². The van der Waals surface area contributed by atoms with Gasteiger partial charge < -0.3 is 14.5 Å². The fraction of sp³-hybridized carbons (Fsp3) is 1.00. The highest BCUT2D eigenvalue weighted by atomic mass is 35.7. The van der Waals surface area contributed by atoms with Gasteiger partial charge in [-0.25, -0.2) is 0 Å². The van der Waals surface area contributed by atoms with Crippen molar-refractivity contribution in [2.75, 3.05) is 12.3 Å². The van der Waals surface area contributed by atoms with E-state index in [-0.39, 0.29) is 12.2 Å². The van der Waals surface area contributed by atoms with E-state index in [9.17, 15) is 5.11 Å². The van der Waals surface area contributed by atoms with Crippen LogP contribution in [0.2, 0.25) is 0 Å². The minimum atomic E-state index is -1.41. The fourth-order valence-corrected chi connectivity index (χ4v) is 5.16. The predicted octanol–water partition coefficient (Wildman–Crippen LogP) is 3.40. The maximum absolute atomic E-state index is 9.65. The summed E-state index contributed by atoms with van der Waals surface area (Å²) in [7, 11) is -2.48. The Morgan fingerprint density at radius 3 is 2.47 bits per heavy atom. The summed E-state index contributed by atoms with van der Waals surface area (Å²) >= 11 is 11.5. The molecule has 0 aromatic carbocycles. The standard InChI is InChI=1S/C8H16Cl2O3P2/c9-14(12)5-6-15(10)13-8-4-2-1-3-7(8)11/h7-8,11-12H,1-6H2/t7?,8-,14?,15?/m0/s1. The minimum absolute atomic E-state index is 0.123. The van der Waals surface area contributed by atoms with Crippen LogP contribution in [0.15, 0.2) is 0 Å². The third-order valence-corrected chi connectivity index (χ3v) is 5.65. The summed E-state index contributed by atoms with van der Waals surface area (Å²) in [5.41, 5.74) is 0. The molecule has 0 bridgehead atoms. The lowest BCUT2D eigenvalue weighted by molar-refractivity contribution is 0.0145. The van der Waals surface area contributed by atoms with Crippen molar-refractivity contribution in [2.24, 2.45) is 0 Å². The molecule has 0 saturated heterocycles. The van der Waals surface area contributed by atoms with E-state index in [0.717, 1.165) is 25.7 Å². The van der Waals surface area contributed by atoms with Crippen LogP contribution in [-0.2, 0) is 4.52 Å². The van der Waals surface area contributed by atoms with Gasteiger partial charge in [-0.2, -0.15) is 0 Å². The largest absolute Gasteiger partial charge is 0.390 e. The van der Waals surface area contributed by atoms with Crippen LogP contribution in [0.1, 0.15) is 25.7 Å². The molecule has 90 valence electrons. The van der Waals surface area contributed by atoms with Crippen molar-refractivity contribution in [1.82, 2.24) is 0 Å². The topological polar surface area (TPSA) is 49.7 Å². The van der Waals surface area contributed by atoms with E-state index in [1.54, 1.807) is 0 Å². The molecule has 1 aliphatic rings. The van der Waals surface area contributed by atoms with Gasteiger partial charge in [-0.05, 0) is 12.8 Å². The lowest BCUT2D eigenvalue weighted by atomic mass is 9.95. The van der Waals surface area contributed by atoms with Crippen LogP contribution >= 0.6 is 37.5 Å². The fourth-order valence-electron chi connectivity index (χ4n) is 1.56. The molecule has 7 heteroatoms. The van der Waals surface area contributed by atoms with Gasteiger partial charge >= 0.3 is 0 Å². The molecule has 1 fully saturated rings. The number of aliphatic hydroxyl groups excluding tert-OH is 1. The molecule has 1 rings (SSSR count). The number of rotatable bonds is 5. The van der Waals surface area contributed by atoms with Gasteiger partial charge in [0.15, 0.2) is 0 Å². The molecule has 3 nitrogen and oxygen atoms in total. The molecule has 2 N–H and O–H groups in total. The lowest BCUT2D eigenvalue weighted by Gasteiger charge is -2.29. The first-order valence-corrected chi connectivity index (χ1v) is 9.73. The second-order valence-corrected chi connectivity index (χ2v) is 8.31. The lowest BCUT2D eigenvalue weighted by Crippen LogP contribution is -2.30. The summed E-state index contributed by atoms with van der Waals surface area (Å²) in [4.78, 5) is 8.94. The van der Waals surface area contributed by atoms with Gasteiger partial charge in [-0.3, -0.25) is 0 Å². The van der Waals surface area contributed by atoms with E-state index < -0.39 is 15.0 Å². The van der Waals surface area contributed by atoms with Crippen LogP contribution in [0.3, 0.4) is 0 Å². The average Bonchev–Trinajstić information content (AvgIpc) is 2.18. The molecular formula is C8H16Cl2O3P2. The zero-order valence-electron chi connectivity index (χ0n) is 8.35. The normalized spacial score (nSPS) is 31.2. The quantitative estimate of drug-likeness (QED) is 0.764. The Hall–Kier alpha value is 1.32. The number of hydrogen-bond acceptors (Lipinski definition) is 3. The van der Waals surface area contributed by atoms with E-state index in [4.69, 9.17) is 31.9 Å². The Kier molecular flexibility index (Phi) is 7.29. The Bertz CT molecular complexity index is 185. The average molecular weight is 293 g/mol. The maximum atomic E-state index is 9.65. The minimum Gasteiger partial charge on any atom is -0.390 e. The highest BCUT2D eigenvalue weighted by Crippen LogP contribution is 2.49. The van der Waals surface area contributed by atoms with Crippen LogP contribution in [0.5, 0.6) is 0 Å². The number of hydrogen-bond donors (Lipinski definition) is 2. The van der Waals surface area contributed by atoms with Crippen molar-refractivity contribution in [2.45, 2.75) is 37.9 Å². The summed E-state index contributed by atoms with van der Waals surface area (Å²) < 4.78 is 5.57. The van der Waals surface area contributed by atoms with Crippen LogP contribution < -0.4 is 0 Å². The van der Waals surface area contributed by atoms with Crippen LogP contribution in [0, 0.1) is 0 Å². The number of aliphatic hydroxyl groups is 1. The molecule has 4 atom stereocenters. The maximum Gasteiger partial charge on any atom is 0.125 e. The van der Waals surface area contributed by atoms with Crippen molar-refractivity contribution >= 4 is 37.5 Å². The first-order valence-electron chi connectivity index (χ1n) is 5.00. The molecule has 0 radical (unpaired) electrons. The van der Waals surface area contributed by atoms with Crippen LogP contribution in [0.25, 0.3) is 0 Å². The third-order valence-electron chi connectivity index (χ3n) is 2.38. The van der Waals surface area contributed by atoms with E-state index in [2.05, 4.69) is 0 Å². The van der Waals surface area contributed by atoms with Gasteiger partial charge in [-0.15, -0.1) is 0 Å². The molecule has 0 aliphatic heterocycles. The van der Waals surface area contributed by atoms with Crippen molar-refractivity contribution in [1.29, 1.82) is 0 Å². The zero-order valence-corrected chi connectivity index (χ0v) is 11.7. The Labute approximate surface area is 102 Å². The van der Waals surface area contributed by atoms with Crippen LogP contribution in [-0.4, -0.2) is 34.5 Å². The van der Waals surface area contributed by atoms with E-state index in [1.807, 2.05) is 0 Å². The molecule has 15 heavy (non-hydrogen) atoms. The highest BCUT2D eigenvalue weighted by molar-refractivity contribution is 7.83. The second kappa shape index (κ2) is 7.61. The molecule has 0 aromatic heterocycles. The van der Waals surface area contributed by atoms with Gasteiger partial charge in [0, 0.05) is 12.3 Å². The van der Waals surface area contributed by atoms with Gasteiger partial charge in [0.05, 0.1) is 12.2 Å². The molecule has 0 aromatic rings. The SMILES string of the molecule is OC1CCCC[C@@H]1OP(Cl)CCP(O)Cl. The predicted molar refractivity (Wildman–Crippen MR) is 66.8 cm³/mol. The molecular weight excluding hydrogens is 277 g/mol. The molecule has 3 unspecified atom stereocenters. The van der Waals surface area contributed by atoms with Crippen molar-refractivity contribution in [3.05, 3.63) is 0 Å². The first kappa shape index (κ1) is 14.4. The molecule has 0 amide bonds. The third kappa shape index (κ3) is 5.98. The first-order chi connectivity index (χ1) is 7.09. The van der Waals surface area contributed by atoms with Gasteiger partial charge in [-0.1, -0.05) is 35.3 Å². The van der Waals surface area contributed by atoms with Gasteiger partial charge in [0.2, 0.25) is 0 Å². The Balaban J connectivity index is 2.20. The summed E-state index contributed by atoms with van der Waals surface area (Å²) in [5.74, 6) is 0. The molecule has 1 aliphatic carbocycles. The molecule has 0 heterocycles. The molecule has 1 saturated carbocycles. The van der Waals surface area contributed by atoms with E-state index in [1.165, 1.54) is 0 Å². The van der Waals surface area contributed by atoms with Gasteiger partial charge in [0.25, 0.3) is 0 Å². The summed E-state index contributed by atoms with van der Waals surface area (Å²) in [6, 6.07) is 0. The zero-order chi connectivity index (χ0) is 11.3. The monoisotopic (exact) mass is 292 g/mol. The highest BCUT2D eigenvalue weighted by Gasteiger charge is 2.26. The Morgan fingerprint density at radius 1 is 1.20 bits per heavy atom. The second-order valence-electron chi connectivity index (χ2n) is 3.60. The smallest absolute Gasteiger partial charge is 0.125 e. The van der Waals surface area contributed by atoms with Crippen molar-refractivity contribution in [3.8, 4) is 0 Å². The summed E-state index contributed by atoms with van der Waals surface area (Å²) in [6.45, 7) is 0.